The Morgan fingerprint density at radius 3 is 2.86 bits per heavy atom. The van der Waals surface area contributed by atoms with Crippen LogP contribution in [0, 0.1) is 5.82 Å². The fourth-order valence-corrected chi connectivity index (χ4v) is 3.26. The first kappa shape index (κ1) is 18.4. The topological polar surface area (TPSA) is 68.5 Å². The van der Waals surface area contributed by atoms with Crippen molar-refractivity contribution in [3.8, 4) is 0 Å². The minimum absolute atomic E-state index is 0.279. The first-order valence-corrected chi connectivity index (χ1v) is 9.43. The van der Waals surface area contributed by atoms with Gasteiger partial charge in [0.15, 0.2) is 5.82 Å². The lowest BCUT2D eigenvalue weighted by Gasteiger charge is -2.07. The zero-order valence-electron chi connectivity index (χ0n) is 14.7. The monoisotopic (exact) mass is 442 g/mol. The lowest BCUT2D eigenvalue weighted by Crippen LogP contribution is -2.28. The fraction of sp³-hybridized carbons (Fsp3) is 0.150. The van der Waals surface area contributed by atoms with E-state index in [1.807, 2.05) is 24.3 Å². The van der Waals surface area contributed by atoms with E-state index >= 15 is 0 Å². The van der Waals surface area contributed by atoms with Crippen LogP contribution in [0.5, 0.6) is 0 Å². The Morgan fingerprint density at radius 1 is 1.25 bits per heavy atom. The van der Waals surface area contributed by atoms with Crippen LogP contribution in [-0.2, 0) is 16.2 Å². The molecule has 6 nitrogen and oxygen atoms in total. The van der Waals surface area contributed by atoms with Gasteiger partial charge in [-0.3, -0.25) is 9.48 Å². The molecule has 2 heterocycles. The summed E-state index contributed by atoms with van der Waals surface area (Å²) in [7, 11) is 0. The van der Waals surface area contributed by atoms with E-state index in [0.29, 0.717) is 18.8 Å². The van der Waals surface area contributed by atoms with Crippen molar-refractivity contribution < 1.29 is 14.0 Å². The lowest BCUT2D eigenvalue weighted by molar-refractivity contribution is -0.125. The van der Waals surface area contributed by atoms with Gasteiger partial charge in [0.25, 0.3) is 5.91 Å². The standard InChI is InChI=1S/C20H16BrFN4O2/c21-15-3-1-2-14(10-15)17-11-18(28-25-17)20(27)23-19-8-9-26(24-19)12-13-4-6-16(22)7-5-13/h1-10,18H,11-12H2,(H,23,24,27). The Labute approximate surface area is 169 Å². The van der Waals surface area contributed by atoms with Crippen molar-refractivity contribution in [2.45, 2.75) is 19.1 Å². The fourth-order valence-electron chi connectivity index (χ4n) is 2.86. The SMILES string of the molecule is O=C(Nc1ccn(Cc2ccc(F)cc2)n1)C1CC(c2cccc(Br)c2)=NO1. The maximum Gasteiger partial charge on any atom is 0.269 e. The van der Waals surface area contributed by atoms with E-state index in [2.05, 4.69) is 31.5 Å². The molecule has 28 heavy (non-hydrogen) atoms. The number of carbonyl (C=O) groups excluding carboxylic acids is 1. The van der Waals surface area contributed by atoms with Crippen LogP contribution in [-0.4, -0.2) is 27.5 Å². The highest BCUT2D eigenvalue weighted by atomic mass is 79.9. The second-order valence-corrected chi connectivity index (χ2v) is 7.28. The van der Waals surface area contributed by atoms with Crippen LogP contribution in [0.3, 0.4) is 0 Å². The van der Waals surface area contributed by atoms with Gasteiger partial charge in [0.2, 0.25) is 6.10 Å². The molecule has 1 aliphatic rings. The molecule has 1 aliphatic heterocycles. The third kappa shape index (κ3) is 4.28. The summed E-state index contributed by atoms with van der Waals surface area (Å²) in [5.74, 6) is -0.162. The van der Waals surface area contributed by atoms with Gasteiger partial charge in [0.1, 0.15) is 5.82 Å². The predicted octanol–water partition coefficient (Wildman–Crippen LogP) is 3.96. The molecular formula is C20H16BrFN4O2. The molecule has 0 radical (unpaired) electrons. The Hall–Kier alpha value is -3.00. The Balaban J connectivity index is 1.34. The molecule has 4 rings (SSSR count). The zero-order valence-corrected chi connectivity index (χ0v) is 16.3. The van der Waals surface area contributed by atoms with E-state index in [0.717, 1.165) is 21.3 Å². The predicted molar refractivity (Wildman–Crippen MR) is 107 cm³/mol. The molecule has 1 N–H and O–H groups in total. The Kier molecular flexibility index (Phi) is 5.21. The van der Waals surface area contributed by atoms with Crippen LogP contribution in [0.2, 0.25) is 0 Å². The van der Waals surface area contributed by atoms with E-state index < -0.39 is 6.10 Å². The van der Waals surface area contributed by atoms with Crippen molar-refractivity contribution in [1.82, 2.24) is 9.78 Å². The van der Waals surface area contributed by atoms with Crippen LogP contribution >= 0.6 is 15.9 Å². The van der Waals surface area contributed by atoms with Crippen molar-refractivity contribution in [3.05, 3.63) is 82.2 Å². The molecule has 142 valence electrons. The smallest absolute Gasteiger partial charge is 0.269 e. The van der Waals surface area contributed by atoms with Crippen molar-refractivity contribution in [3.63, 3.8) is 0 Å². The number of rotatable bonds is 5. The van der Waals surface area contributed by atoms with Gasteiger partial charge in [-0.25, -0.2) is 4.39 Å². The highest BCUT2D eigenvalue weighted by Crippen LogP contribution is 2.20. The summed E-state index contributed by atoms with van der Waals surface area (Å²) in [5, 5.41) is 11.1. The zero-order chi connectivity index (χ0) is 19.5. The van der Waals surface area contributed by atoms with E-state index in [1.54, 1.807) is 29.1 Å². The van der Waals surface area contributed by atoms with Crippen molar-refractivity contribution >= 4 is 33.4 Å². The van der Waals surface area contributed by atoms with Crippen molar-refractivity contribution in [2.24, 2.45) is 5.16 Å². The average Bonchev–Trinajstić information content (AvgIpc) is 3.33. The summed E-state index contributed by atoms with van der Waals surface area (Å²) >= 11 is 3.42. The molecule has 8 heteroatoms. The second kappa shape index (κ2) is 7.93. The number of benzene rings is 2. The van der Waals surface area contributed by atoms with Gasteiger partial charge < -0.3 is 10.2 Å². The quantitative estimate of drug-likeness (QED) is 0.649. The Morgan fingerprint density at radius 2 is 2.07 bits per heavy atom. The first-order valence-electron chi connectivity index (χ1n) is 8.64. The van der Waals surface area contributed by atoms with Crippen LogP contribution in [0.4, 0.5) is 10.2 Å². The summed E-state index contributed by atoms with van der Waals surface area (Å²) in [6.07, 6.45) is 1.44. The molecule has 0 saturated carbocycles. The van der Waals surface area contributed by atoms with E-state index in [4.69, 9.17) is 4.84 Å². The van der Waals surface area contributed by atoms with Gasteiger partial charge in [-0.2, -0.15) is 5.10 Å². The molecule has 1 unspecified atom stereocenters. The highest BCUT2D eigenvalue weighted by molar-refractivity contribution is 9.10. The molecular weight excluding hydrogens is 427 g/mol. The summed E-state index contributed by atoms with van der Waals surface area (Å²) in [6.45, 7) is 0.478. The summed E-state index contributed by atoms with van der Waals surface area (Å²) in [6, 6.07) is 15.6. The van der Waals surface area contributed by atoms with Gasteiger partial charge in [-0.15, -0.1) is 0 Å². The lowest BCUT2D eigenvalue weighted by atomic mass is 10.0. The number of oxime groups is 1. The third-order valence-corrected chi connectivity index (χ3v) is 4.76. The van der Waals surface area contributed by atoms with Gasteiger partial charge >= 0.3 is 0 Å². The first-order chi connectivity index (χ1) is 13.6. The number of hydrogen-bond donors (Lipinski definition) is 1. The Bertz CT molecular complexity index is 1030. The maximum absolute atomic E-state index is 13.0. The van der Waals surface area contributed by atoms with Crippen LogP contribution in [0.15, 0.2) is 70.4 Å². The van der Waals surface area contributed by atoms with Crippen LogP contribution in [0.1, 0.15) is 17.5 Å². The van der Waals surface area contributed by atoms with Crippen LogP contribution in [0.25, 0.3) is 0 Å². The second-order valence-electron chi connectivity index (χ2n) is 6.36. The molecule has 0 aliphatic carbocycles. The summed E-state index contributed by atoms with van der Waals surface area (Å²) < 4.78 is 15.6. The highest BCUT2D eigenvalue weighted by Gasteiger charge is 2.29. The number of nitrogens with zero attached hydrogens (tertiary/aromatic N) is 3. The molecule has 3 aromatic rings. The largest absolute Gasteiger partial charge is 0.382 e. The van der Waals surface area contributed by atoms with Crippen molar-refractivity contribution in [2.75, 3.05) is 5.32 Å². The minimum Gasteiger partial charge on any atom is -0.382 e. The molecule has 1 amide bonds. The van der Waals surface area contributed by atoms with Gasteiger partial charge in [0.05, 0.1) is 12.3 Å². The van der Waals surface area contributed by atoms with E-state index in [9.17, 15) is 9.18 Å². The number of nitrogens with one attached hydrogen (secondary N) is 1. The van der Waals surface area contributed by atoms with E-state index in [1.165, 1.54) is 12.1 Å². The molecule has 2 aromatic carbocycles. The average molecular weight is 443 g/mol. The number of hydrogen-bond acceptors (Lipinski definition) is 4. The number of aromatic nitrogens is 2. The minimum atomic E-state index is -0.698. The number of amides is 1. The van der Waals surface area contributed by atoms with Gasteiger partial charge in [-0.1, -0.05) is 45.4 Å². The molecule has 0 fully saturated rings. The van der Waals surface area contributed by atoms with Gasteiger partial charge in [0, 0.05) is 28.7 Å². The molecule has 1 atom stereocenters. The summed E-state index contributed by atoms with van der Waals surface area (Å²) in [5.41, 5.74) is 2.55. The molecule has 0 bridgehead atoms. The van der Waals surface area contributed by atoms with Crippen LogP contribution < -0.4 is 5.32 Å². The van der Waals surface area contributed by atoms with E-state index in [-0.39, 0.29) is 11.7 Å². The molecule has 0 spiro atoms. The third-order valence-electron chi connectivity index (χ3n) is 4.27. The number of anilines is 1. The number of halogens is 2. The normalized spacial score (nSPS) is 15.8. The molecule has 1 aromatic heterocycles. The van der Waals surface area contributed by atoms with Crippen molar-refractivity contribution in [1.29, 1.82) is 0 Å². The maximum atomic E-state index is 13.0. The number of carbonyl (C=O) groups is 1. The van der Waals surface area contributed by atoms with Gasteiger partial charge in [-0.05, 0) is 29.8 Å². The summed E-state index contributed by atoms with van der Waals surface area (Å²) in [4.78, 5) is 17.8. The molecule has 0 saturated heterocycles.